The maximum absolute atomic E-state index is 11.5. The molecule has 0 aromatic carbocycles. The van der Waals surface area contributed by atoms with E-state index < -0.39 is 5.60 Å². The molecule has 0 radical (unpaired) electrons. The van der Waals surface area contributed by atoms with E-state index in [1.54, 1.807) is 12.5 Å². The van der Waals surface area contributed by atoms with Gasteiger partial charge < -0.3 is 9.84 Å². The highest BCUT2D eigenvalue weighted by Gasteiger charge is 2.59. The molecule has 0 heterocycles. The maximum Gasteiger partial charge on any atom is 0.302 e. The van der Waals surface area contributed by atoms with Crippen LogP contribution in [-0.2, 0) is 9.53 Å². The van der Waals surface area contributed by atoms with Crippen molar-refractivity contribution in [2.75, 3.05) is 0 Å². The molecule has 0 spiro atoms. The zero-order valence-electron chi connectivity index (χ0n) is 21.6. The molecule has 0 aromatic heterocycles. The largest absolute Gasteiger partial charge is 0.462 e. The molecule has 3 unspecified atom stereocenters. The van der Waals surface area contributed by atoms with Crippen molar-refractivity contribution >= 4 is 5.97 Å². The van der Waals surface area contributed by atoms with E-state index in [0.29, 0.717) is 10.8 Å². The van der Waals surface area contributed by atoms with Crippen LogP contribution in [-0.4, -0.2) is 22.8 Å². The van der Waals surface area contributed by atoms with Gasteiger partial charge in [-0.15, -0.1) is 0 Å². The van der Waals surface area contributed by atoms with Gasteiger partial charge in [0.15, 0.2) is 0 Å². The number of carbonyl (C=O) groups is 1. The van der Waals surface area contributed by atoms with E-state index in [4.69, 9.17) is 4.74 Å². The van der Waals surface area contributed by atoms with Gasteiger partial charge in [0, 0.05) is 13.3 Å². The van der Waals surface area contributed by atoms with Gasteiger partial charge in [-0.3, -0.25) is 4.79 Å². The van der Waals surface area contributed by atoms with Crippen LogP contribution in [0.1, 0.15) is 112 Å². The number of carbonyl (C=O) groups excluding carboxylic acids is 1. The lowest BCUT2D eigenvalue weighted by Gasteiger charge is -2.58. The Morgan fingerprint density at radius 1 is 1.19 bits per heavy atom. The molecule has 0 aromatic rings. The van der Waals surface area contributed by atoms with E-state index in [0.717, 1.165) is 55.3 Å². The molecule has 4 rings (SSSR count). The van der Waals surface area contributed by atoms with Crippen molar-refractivity contribution in [1.82, 2.24) is 0 Å². The van der Waals surface area contributed by atoms with E-state index in [9.17, 15) is 9.90 Å². The van der Waals surface area contributed by atoms with Crippen molar-refractivity contribution in [2.24, 2.45) is 40.4 Å². The molecule has 0 saturated heterocycles. The molecule has 4 aliphatic carbocycles. The number of esters is 1. The van der Waals surface area contributed by atoms with Gasteiger partial charge in [-0.1, -0.05) is 45.3 Å². The van der Waals surface area contributed by atoms with Crippen LogP contribution in [0.25, 0.3) is 0 Å². The van der Waals surface area contributed by atoms with Gasteiger partial charge in [0.25, 0.3) is 0 Å². The van der Waals surface area contributed by atoms with Crippen molar-refractivity contribution in [3.05, 3.63) is 11.6 Å². The van der Waals surface area contributed by atoms with Crippen LogP contribution in [0.3, 0.4) is 0 Å². The Morgan fingerprint density at radius 3 is 2.62 bits per heavy atom. The summed E-state index contributed by atoms with van der Waals surface area (Å²) in [6.07, 6.45) is 15.9. The molecule has 3 nitrogen and oxygen atoms in total. The molecule has 8 atom stereocenters. The van der Waals surface area contributed by atoms with Gasteiger partial charge in [0.05, 0.1) is 5.60 Å². The molecule has 3 fully saturated rings. The first kappa shape index (κ1) is 24.3. The van der Waals surface area contributed by atoms with Gasteiger partial charge in [-0.2, -0.15) is 0 Å². The summed E-state index contributed by atoms with van der Waals surface area (Å²) in [5.41, 5.74) is 1.87. The number of aliphatic hydroxyl groups is 1. The van der Waals surface area contributed by atoms with Crippen molar-refractivity contribution in [3.63, 3.8) is 0 Å². The van der Waals surface area contributed by atoms with Gasteiger partial charge >= 0.3 is 5.97 Å². The fourth-order valence-corrected chi connectivity index (χ4v) is 9.00. The van der Waals surface area contributed by atoms with E-state index in [1.165, 1.54) is 44.9 Å². The second-order valence-corrected chi connectivity index (χ2v) is 13.1. The van der Waals surface area contributed by atoms with E-state index in [1.807, 2.05) is 13.8 Å². The molecule has 0 bridgehead atoms. The summed E-state index contributed by atoms with van der Waals surface area (Å²) < 4.78 is 5.60. The molecular formula is C29H48O3. The Balaban J connectivity index is 1.45. The maximum atomic E-state index is 11.5. The summed E-state index contributed by atoms with van der Waals surface area (Å²) in [4.78, 5) is 11.5. The first-order valence-electron chi connectivity index (χ1n) is 13.5. The monoisotopic (exact) mass is 444 g/mol. The lowest BCUT2D eigenvalue weighted by Crippen LogP contribution is -2.51. The van der Waals surface area contributed by atoms with Crippen LogP contribution >= 0.6 is 0 Å². The van der Waals surface area contributed by atoms with Crippen LogP contribution in [0, 0.1) is 40.4 Å². The number of rotatable bonds is 6. The Kier molecular flexibility index (Phi) is 6.64. The summed E-state index contributed by atoms with van der Waals surface area (Å²) in [6.45, 7) is 13.1. The highest BCUT2D eigenvalue weighted by atomic mass is 16.5. The topological polar surface area (TPSA) is 46.5 Å². The highest BCUT2D eigenvalue weighted by Crippen LogP contribution is 2.67. The molecule has 4 aliphatic rings. The van der Waals surface area contributed by atoms with E-state index >= 15 is 0 Å². The normalized spacial score (nSPS) is 42.3. The van der Waals surface area contributed by atoms with Crippen molar-refractivity contribution < 1.29 is 14.6 Å². The number of allylic oxidation sites excluding steroid dienone is 1. The zero-order chi connectivity index (χ0) is 23.3. The van der Waals surface area contributed by atoms with Crippen LogP contribution in [0.4, 0.5) is 0 Å². The van der Waals surface area contributed by atoms with Crippen LogP contribution < -0.4 is 0 Å². The molecule has 3 heteroatoms. The van der Waals surface area contributed by atoms with Crippen molar-refractivity contribution in [2.45, 2.75) is 124 Å². The molecule has 0 aliphatic heterocycles. The quantitative estimate of drug-likeness (QED) is 0.352. The van der Waals surface area contributed by atoms with E-state index in [-0.39, 0.29) is 12.1 Å². The Hall–Kier alpha value is -0.830. The standard InChI is InChI=1S/C29H48O3/c1-19(8-7-15-27(3,4)31)24-11-12-25-23-10-9-21-18-22(32-20(2)30)13-16-28(21,5)26(23)14-17-29(24,25)6/h9,19,22-26,31H,7-8,10-18H2,1-6H3/t19-,22+,23?,24-,25?,26?,28+,29-/m1/s1. The third-order valence-corrected chi connectivity index (χ3v) is 10.6. The van der Waals surface area contributed by atoms with Crippen molar-refractivity contribution in [1.29, 1.82) is 0 Å². The summed E-state index contributed by atoms with van der Waals surface area (Å²) in [7, 11) is 0. The van der Waals surface area contributed by atoms with Crippen LogP contribution in [0.5, 0.6) is 0 Å². The molecular weight excluding hydrogens is 396 g/mol. The Labute approximate surface area is 196 Å². The van der Waals surface area contributed by atoms with Gasteiger partial charge in [0.2, 0.25) is 0 Å². The molecule has 1 N–H and O–H groups in total. The lowest BCUT2D eigenvalue weighted by atomic mass is 9.47. The fraction of sp³-hybridized carbons (Fsp3) is 0.897. The number of ether oxygens (including phenoxy) is 1. The molecule has 0 amide bonds. The molecule has 3 saturated carbocycles. The first-order chi connectivity index (χ1) is 14.9. The zero-order valence-corrected chi connectivity index (χ0v) is 21.6. The predicted octanol–water partition coefficient (Wildman–Crippen LogP) is 7.07. The molecule has 32 heavy (non-hydrogen) atoms. The second kappa shape index (κ2) is 8.75. The van der Waals surface area contributed by atoms with Gasteiger partial charge in [-0.05, 0) is 106 Å². The fourth-order valence-electron chi connectivity index (χ4n) is 9.00. The summed E-state index contributed by atoms with van der Waals surface area (Å²) in [6, 6.07) is 0. The number of hydrogen-bond acceptors (Lipinski definition) is 3. The average molecular weight is 445 g/mol. The third-order valence-electron chi connectivity index (χ3n) is 10.6. The second-order valence-electron chi connectivity index (χ2n) is 13.1. The minimum absolute atomic E-state index is 0.0952. The first-order valence-corrected chi connectivity index (χ1v) is 13.5. The van der Waals surface area contributed by atoms with Crippen LogP contribution in [0.2, 0.25) is 0 Å². The van der Waals surface area contributed by atoms with Crippen molar-refractivity contribution in [3.8, 4) is 0 Å². The number of hydrogen-bond donors (Lipinski definition) is 1. The van der Waals surface area contributed by atoms with Crippen LogP contribution in [0.15, 0.2) is 11.6 Å². The minimum Gasteiger partial charge on any atom is -0.462 e. The highest BCUT2D eigenvalue weighted by molar-refractivity contribution is 5.66. The smallest absolute Gasteiger partial charge is 0.302 e. The summed E-state index contributed by atoms with van der Waals surface area (Å²) in [5.74, 6) is 3.98. The predicted molar refractivity (Wildman–Crippen MR) is 130 cm³/mol. The Morgan fingerprint density at radius 2 is 1.94 bits per heavy atom. The number of fused-ring (bicyclic) bond motifs is 5. The summed E-state index contributed by atoms with van der Waals surface area (Å²) >= 11 is 0. The molecule has 182 valence electrons. The average Bonchev–Trinajstić information content (AvgIpc) is 3.04. The van der Waals surface area contributed by atoms with Gasteiger partial charge in [-0.25, -0.2) is 0 Å². The summed E-state index contributed by atoms with van der Waals surface area (Å²) in [5, 5.41) is 10.1. The van der Waals surface area contributed by atoms with Gasteiger partial charge in [0.1, 0.15) is 6.10 Å². The SMILES string of the molecule is CC(=O)O[C@H]1CC[C@@]2(C)C(=CCC3C2CC[C@@]2(C)C3CC[C@@H]2[C@H](C)CCCC(C)(C)O)C1. The van der Waals surface area contributed by atoms with E-state index in [2.05, 4.69) is 26.8 Å². The Bertz CT molecular complexity index is 733. The minimum atomic E-state index is -0.532. The third kappa shape index (κ3) is 4.44. The lowest BCUT2D eigenvalue weighted by molar-refractivity contribution is -0.148.